The van der Waals surface area contributed by atoms with Gasteiger partial charge < -0.3 is 4.74 Å². The third kappa shape index (κ3) is 2.11. The Morgan fingerprint density at radius 2 is 1.90 bits per heavy atom. The zero-order chi connectivity index (χ0) is 7.23. The lowest BCUT2D eigenvalue weighted by atomic mass is 10.3. The third-order valence-corrected chi connectivity index (χ3v) is 1.10. The van der Waals surface area contributed by atoms with Crippen molar-refractivity contribution in [2.24, 2.45) is 0 Å². The zero-order valence-electron chi connectivity index (χ0n) is 5.33. The summed E-state index contributed by atoms with van der Waals surface area (Å²) in [5, 5.41) is 0. The van der Waals surface area contributed by atoms with Gasteiger partial charge in [0.15, 0.2) is 0 Å². The molecule has 1 aromatic carbocycles. The molecule has 1 nitrogen and oxygen atoms in total. The highest BCUT2D eigenvalue weighted by Crippen LogP contribution is 2.08. The maximum Gasteiger partial charge on any atom is 0.126 e. The summed E-state index contributed by atoms with van der Waals surface area (Å²) >= 11 is 5.25. The molecule has 0 aromatic heterocycles. The van der Waals surface area contributed by atoms with Crippen molar-refractivity contribution in [1.82, 2.24) is 0 Å². The van der Waals surface area contributed by atoms with Crippen molar-refractivity contribution in [3.05, 3.63) is 42.1 Å². The van der Waals surface area contributed by atoms with Crippen LogP contribution in [0, 0.1) is 0 Å². The van der Waals surface area contributed by atoms with E-state index in [-0.39, 0.29) is 0 Å². The highest BCUT2D eigenvalue weighted by Gasteiger charge is 1.83. The van der Waals surface area contributed by atoms with E-state index in [0.29, 0.717) is 0 Å². The standard InChI is InChI=1S/C8H7ClO/c9-6-7-10-8-4-2-1-3-5-8/h1-7H/b7-6+. The molecule has 10 heavy (non-hydrogen) atoms. The molecule has 2 heteroatoms. The van der Waals surface area contributed by atoms with Gasteiger partial charge in [-0.2, -0.15) is 0 Å². The van der Waals surface area contributed by atoms with Gasteiger partial charge >= 0.3 is 0 Å². The molecule has 0 atom stereocenters. The Balaban J connectivity index is 2.59. The van der Waals surface area contributed by atoms with Crippen LogP contribution in [0.4, 0.5) is 0 Å². The molecule has 0 aliphatic rings. The Labute approximate surface area is 64.9 Å². The molecule has 1 rings (SSSR count). The molecule has 1 aromatic rings. The fraction of sp³-hybridized carbons (Fsp3) is 0. The molecular weight excluding hydrogens is 148 g/mol. The average Bonchev–Trinajstić information content (AvgIpc) is 2.03. The Morgan fingerprint density at radius 3 is 2.50 bits per heavy atom. The minimum absolute atomic E-state index is 0.791. The van der Waals surface area contributed by atoms with E-state index in [9.17, 15) is 0 Å². The van der Waals surface area contributed by atoms with Crippen molar-refractivity contribution >= 4 is 11.6 Å². The van der Waals surface area contributed by atoms with Crippen LogP contribution < -0.4 is 4.74 Å². The second-order valence-corrected chi connectivity index (χ2v) is 1.94. The number of para-hydroxylation sites is 1. The molecule has 0 saturated heterocycles. The first kappa shape index (κ1) is 7.16. The summed E-state index contributed by atoms with van der Waals surface area (Å²) < 4.78 is 5.04. The topological polar surface area (TPSA) is 9.23 Å². The van der Waals surface area contributed by atoms with Crippen molar-refractivity contribution in [1.29, 1.82) is 0 Å². The summed E-state index contributed by atoms with van der Waals surface area (Å²) in [6.07, 6.45) is 1.43. The Hall–Kier alpha value is -0.950. The minimum Gasteiger partial charge on any atom is -0.464 e. The lowest BCUT2D eigenvalue weighted by molar-refractivity contribution is 0.482. The van der Waals surface area contributed by atoms with Crippen molar-refractivity contribution in [3.63, 3.8) is 0 Å². The van der Waals surface area contributed by atoms with Crippen LogP contribution in [-0.2, 0) is 0 Å². The molecule has 0 unspecified atom stereocenters. The summed E-state index contributed by atoms with van der Waals surface area (Å²) in [6, 6.07) is 9.44. The second-order valence-electron chi connectivity index (χ2n) is 1.69. The summed E-state index contributed by atoms with van der Waals surface area (Å²) in [5.41, 5.74) is 1.33. The molecule has 0 bridgehead atoms. The second kappa shape index (κ2) is 3.96. The van der Waals surface area contributed by atoms with Crippen molar-refractivity contribution < 1.29 is 4.74 Å². The maximum atomic E-state index is 5.25. The number of rotatable bonds is 2. The van der Waals surface area contributed by atoms with Crippen LogP contribution >= 0.6 is 11.6 Å². The van der Waals surface area contributed by atoms with E-state index in [1.165, 1.54) is 11.8 Å². The summed E-state index contributed by atoms with van der Waals surface area (Å²) in [6.45, 7) is 0. The van der Waals surface area contributed by atoms with Crippen molar-refractivity contribution in [3.8, 4) is 5.75 Å². The Kier molecular flexibility index (Phi) is 2.84. The van der Waals surface area contributed by atoms with E-state index in [2.05, 4.69) is 0 Å². The molecular formula is C8H7ClO. The quantitative estimate of drug-likeness (QED) is 0.596. The maximum absolute atomic E-state index is 5.25. The normalized spacial score (nSPS) is 10.1. The lowest BCUT2D eigenvalue weighted by Gasteiger charge is -1.95. The summed E-state index contributed by atoms with van der Waals surface area (Å²) in [5.74, 6) is 0.791. The molecule has 0 aliphatic carbocycles. The van der Waals surface area contributed by atoms with E-state index in [4.69, 9.17) is 16.3 Å². The van der Waals surface area contributed by atoms with E-state index in [1.807, 2.05) is 30.3 Å². The minimum atomic E-state index is 0.791. The van der Waals surface area contributed by atoms with Crippen LogP contribution in [0.15, 0.2) is 42.1 Å². The largest absolute Gasteiger partial charge is 0.464 e. The molecule has 0 heterocycles. The van der Waals surface area contributed by atoms with Crippen LogP contribution in [0.5, 0.6) is 5.75 Å². The predicted octanol–water partition coefficient (Wildman–Crippen LogP) is 2.78. The van der Waals surface area contributed by atoms with Gasteiger partial charge in [0, 0.05) is 5.54 Å². The highest BCUT2D eigenvalue weighted by molar-refractivity contribution is 6.25. The number of halogens is 1. The molecule has 0 saturated carbocycles. The molecule has 0 amide bonds. The van der Waals surface area contributed by atoms with E-state index < -0.39 is 0 Å². The number of benzene rings is 1. The van der Waals surface area contributed by atoms with Crippen molar-refractivity contribution in [2.75, 3.05) is 0 Å². The molecule has 0 spiro atoms. The molecule has 0 N–H and O–H groups in total. The predicted molar refractivity (Wildman–Crippen MR) is 42.1 cm³/mol. The SMILES string of the molecule is Cl/C=C/Oc1ccccc1. The van der Waals surface area contributed by atoms with Crippen LogP contribution in [0.25, 0.3) is 0 Å². The molecule has 52 valence electrons. The van der Waals surface area contributed by atoms with Gasteiger partial charge in [-0.1, -0.05) is 29.8 Å². The molecule has 0 fully saturated rings. The first-order chi connectivity index (χ1) is 4.93. The zero-order valence-corrected chi connectivity index (χ0v) is 6.08. The third-order valence-electron chi connectivity index (χ3n) is 0.999. The first-order valence-electron chi connectivity index (χ1n) is 2.90. The van der Waals surface area contributed by atoms with Gasteiger partial charge in [-0.25, -0.2) is 0 Å². The fourth-order valence-corrected chi connectivity index (χ4v) is 0.655. The van der Waals surface area contributed by atoms with Gasteiger partial charge in [0.1, 0.15) is 12.0 Å². The smallest absolute Gasteiger partial charge is 0.126 e. The van der Waals surface area contributed by atoms with Crippen molar-refractivity contribution in [2.45, 2.75) is 0 Å². The lowest BCUT2D eigenvalue weighted by Crippen LogP contribution is -1.77. The Morgan fingerprint density at radius 1 is 1.20 bits per heavy atom. The number of hydrogen-bond donors (Lipinski definition) is 0. The van der Waals surface area contributed by atoms with Crippen LogP contribution in [0.3, 0.4) is 0 Å². The monoisotopic (exact) mass is 154 g/mol. The number of hydrogen-bond acceptors (Lipinski definition) is 1. The van der Waals surface area contributed by atoms with E-state index in [0.717, 1.165) is 5.75 Å². The van der Waals surface area contributed by atoms with Gasteiger partial charge in [0.2, 0.25) is 0 Å². The van der Waals surface area contributed by atoms with Crippen LogP contribution in [-0.4, -0.2) is 0 Å². The van der Waals surface area contributed by atoms with Gasteiger partial charge in [-0.3, -0.25) is 0 Å². The number of ether oxygens (including phenoxy) is 1. The van der Waals surface area contributed by atoms with Crippen LogP contribution in [0.1, 0.15) is 0 Å². The van der Waals surface area contributed by atoms with E-state index >= 15 is 0 Å². The average molecular weight is 155 g/mol. The molecule has 0 aliphatic heterocycles. The van der Waals surface area contributed by atoms with Crippen LogP contribution in [0.2, 0.25) is 0 Å². The fourth-order valence-electron chi connectivity index (χ4n) is 0.603. The van der Waals surface area contributed by atoms with Gasteiger partial charge in [-0.15, -0.1) is 0 Å². The van der Waals surface area contributed by atoms with Gasteiger partial charge in [0.05, 0.1) is 0 Å². The van der Waals surface area contributed by atoms with Gasteiger partial charge in [0.25, 0.3) is 0 Å². The molecule has 0 radical (unpaired) electrons. The first-order valence-corrected chi connectivity index (χ1v) is 3.34. The summed E-state index contributed by atoms with van der Waals surface area (Å²) in [7, 11) is 0. The van der Waals surface area contributed by atoms with Gasteiger partial charge in [-0.05, 0) is 12.1 Å². The highest BCUT2D eigenvalue weighted by atomic mass is 35.5. The van der Waals surface area contributed by atoms with E-state index in [1.54, 1.807) is 0 Å². The Bertz CT molecular complexity index is 206. The summed E-state index contributed by atoms with van der Waals surface area (Å²) in [4.78, 5) is 0.